The molecule has 1 fully saturated rings. The highest BCUT2D eigenvalue weighted by Gasteiger charge is 2.44. The highest BCUT2D eigenvalue weighted by atomic mass is 79.9. The van der Waals surface area contributed by atoms with Gasteiger partial charge in [0, 0.05) is 22.5 Å². The van der Waals surface area contributed by atoms with Crippen LogP contribution in [0.2, 0.25) is 0 Å². The highest BCUT2D eigenvalue weighted by Crippen LogP contribution is 2.46. The Hall–Kier alpha value is -0.860. The molecule has 2 atom stereocenters. The minimum absolute atomic E-state index is 0.0171. The number of amides is 1. The third-order valence-corrected chi connectivity index (χ3v) is 7.95. The van der Waals surface area contributed by atoms with Crippen LogP contribution < -0.4 is 0 Å². The van der Waals surface area contributed by atoms with E-state index in [2.05, 4.69) is 40.2 Å². The Kier molecular flexibility index (Phi) is 7.39. The zero-order valence-corrected chi connectivity index (χ0v) is 19.2. The van der Waals surface area contributed by atoms with Gasteiger partial charge in [0.1, 0.15) is 5.25 Å². The molecule has 2 unspecified atom stereocenters. The van der Waals surface area contributed by atoms with E-state index < -0.39 is 0 Å². The van der Waals surface area contributed by atoms with Gasteiger partial charge in [0.15, 0.2) is 4.32 Å². The number of thiocarbonyl (C=S) groups is 1. The van der Waals surface area contributed by atoms with Gasteiger partial charge >= 0.3 is 0 Å². The molecule has 1 heterocycles. The van der Waals surface area contributed by atoms with Crippen molar-refractivity contribution < 1.29 is 4.79 Å². The molecule has 1 amide bonds. The molecule has 0 spiro atoms. The third-order valence-electron chi connectivity index (χ3n) is 4.35. The van der Waals surface area contributed by atoms with Crippen LogP contribution in [0.5, 0.6) is 0 Å². The summed E-state index contributed by atoms with van der Waals surface area (Å²) in [4.78, 5) is 14.4. The van der Waals surface area contributed by atoms with E-state index in [-0.39, 0.29) is 16.4 Å². The number of hydrogen-bond donors (Lipinski definition) is 0. The molecule has 7 heteroatoms. The van der Waals surface area contributed by atoms with E-state index in [1.54, 1.807) is 16.8 Å². The van der Waals surface area contributed by atoms with Crippen LogP contribution in [0.3, 0.4) is 0 Å². The lowest BCUT2D eigenvalue weighted by molar-refractivity contribution is -0.137. The molecule has 2 aromatic carbocycles. The first-order valence-corrected chi connectivity index (χ1v) is 11.8. The number of benzene rings is 2. The summed E-state index contributed by atoms with van der Waals surface area (Å²) in [5.41, 5.74) is 1.13. The van der Waals surface area contributed by atoms with Crippen LogP contribution in [-0.2, 0) is 4.79 Å². The number of halogens is 1. The number of rotatable bonds is 7. The lowest BCUT2D eigenvalue weighted by Gasteiger charge is -2.29. The van der Waals surface area contributed by atoms with Gasteiger partial charge in [-0.1, -0.05) is 84.1 Å². The van der Waals surface area contributed by atoms with E-state index >= 15 is 0 Å². The standard InChI is InChI=1S/C20H21BrN2OS3/c1-3-22(4-2)23-19(24)18(27-20(23)25)17(14-10-12-15(21)13-11-14)26-16-8-6-5-7-9-16/h5-13,17-18H,3-4H2,1-2H3. The summed E-state index contributed by atoms with van der Waals surface area (Å²) < 4.78 is 1.67. The Bertz CT molecular complexity index is 797. The van der Waals surface area contributed by atoms with Crippen LogP contribution in [0, 0.1) is 0 Å². The first-order chi connectivity index (χ1) is 13.0. The van der Waals surface area contributed by atoms with Gasteiger partial charge in [-0.15, -0.1) is 11.8 Å². The Morgan fingerprint density at radius 3 is 2.37 bits per heavy atom. The summed E-state index contributed by atoms with van der Waals surface area (Å²) in [6, 6.07) is 18.4. The van der Waals surface area contributed by atoms with E-state index in [9.17, 15) is 4.79 Å². The van der Waals surface area contributed by atoms with Gasteiger partial charge in [-0.05, 0) is 29.8 Å². The summed E-state index contributed by atoms with van der Waals surface area (Å²) in [7, 11) is 0. The molecular weight excluding hydrogens is 460 g/mol. The molecule has 27 heavy (non-hydrogen) atoms. The normalized spacial score (nSPS) is 18.4. The summed E-state index contributed by atoms with van der Waals surface area (Å²) in [5, 5.41) is 3.44. The van der Waals surface area contributed by atoms with E-state index in [1.807, 2.05) is 49.2 Å². The zero-order valence-electron chi connectivity index (χ0n) is 15.2. The van der Waals surface area contributed by atoms with Crippen molar-refractivity contribution in [3.8, 4) is 0 Å². The first-order valence-electron chi connectivity index (χ1n) is 8.81. The second kappa shape index (κ2) is 9.56. The predicted molar refractivity (Wildman–Crippen MR) is 123 cm³/mol. The number of thioether (sulfide) groups is 2. The second-order valence-electron chi connectivity index (χ2n) is 6.00. The molecule has 3 nitrogen and oxygen atoms in total. The molecule has 0 saturated carbocycles. The van der Waals surface area contributed by atoms with Crippen LogP contribution in [0.1, 0.15) is 24.7 Å². The van der Waals surface area contributed by atoms with Crippen LogP contribution in [-0.4, -0.2) is 38.6 Å². The quantitative estimate of drug-likeness (QED) is 0.369. The van der Waals surface area contributed by atoms with Crippen molar-refractivity contribution in [2.24, 2.45) is 0 Å². The maximum atomic E-state index is 13.3. The molecule has 0 aromatic heterocycles. The number of hydrazine groups is 1. The van der Waals surface area contributed by atoms with Crippen molar-refractivity contribution in [1.29, 1.82) is 0 Å². The van der Waals surface area contributed by atoms with Crippen molar-refractivity contribution in [1.82, 2.24) is 10.0 Å². The minimum atomic E-state index is -0.246. The van der Waals surface area contributed by atoms with E-state index in [0.29, 0.717) is 4.32 Å². The fourth-order valence-corrected chi connectivity index (χ4v) is 6.23. The largest absolute Gasteiger partial charge is 0.272 e. The molecule has 0 N–H and O–H groups in total. The van der Waals surface area contributed by atoms with Crippen LogP contribution in [0.25, 0.3) is 0 Å². The van der Waals surface area contributed by atoms with E-state index in [1.165, 1.54) is 11.8 Å². The summed E-state index contributed by atoms with van der Waals surface area (Å²) in [6.07, 6.45) is 0. The van der Waals surface area contributed by atoms with Gasteiger partial charge in [0.2, 0.25) is 0 Å². The predicted octanol–water partition coefficient (Wildman–Crippen LogP) is 5.77. The summed E-state index contributed by atoms with van der Waals surface area (Å²) in [6.45, 7) is 5.60. The van der Waals surface area contributed by atoms with Gasteiger partial charge in [0.25, 0.3) is 5.91 Å². The molecule has 142 valence electrons. The first kappa shape index (κ1) is 20.9. The monoisotopic (exact) mass is 480 g/mol. The summed E-state index contributed by atoms with van der Waals surface area (Å²) in [5.74, 6) is 0.0741. The Balaban J connectivity index is 1.94. The smallest absolute Gasteiger partial charge is 0.257 e. The van der Waals surface area contributed by atoms with Gasteiger partial charge in [-0.2, -0.15) is 0 Å². The molecule has 0 aliphatic carbocycles. The molecular formula is C20H21BrN2OS3. The topological polar surface area (TPSA) is 23.6 Å². The Morgan fingerprint density at radius 2 is 1.78 bits per heavy atom. The van der Waals surface area contributed by atoms with Crippen molar-refractivity contribution >= 4 is 61.9 Å². The zero-order chi connectivity index (χ0) is 19.4. The van der Waals surface area contributed by atoms with Gasteiger partial charge < -0.3 is 0 Å². The Labute approximate surface area is 183 Å². The molecule has 0 bridgehead atoms. The van der Waals surface area contributed by atoms with Gasteiger partial charge in [0.05, 0.1) is 5.25 Å². The molecule has 1 saturated heterocycles. The lowest BCUT2D eigenvalue weighted by atomic mass is 10.1. The molecule has 2 aromatic rings. The van der Waals surface area contributed by atoms with Crippen molar-refractivity contribution in [3.63, 3.8) is 0 Å². The number of carbonyl (C=O) groups is 1. The van der Waals surface area contributed by atoms with E-state index in [0.717, 1.165) is 28.0 Å². The maximum absolute atomic E-state index is 13.3. The van der Waals surface area contributed by atoms with Crippen molar-refractivity contribution in [3.05, 3.63) is 64.6 Å². The van der Waals surface area contributed by atoms with E-state index in [4.69, 9.17) is 12.2 Å². The number of nitrogens with zero attached hydrogens (tertiary/aromatic N) is 2. The average molecular weight is 482 g/mol. The number of hydrogen-bond acceptors (Lipinski definition) is 5. The van der Waals surface area contributed by atoms with Gasteiger partial charge in [-0.3, -0.25) is 4.79 Å². The van der Waals surface area contributed by atoms with Crippen LogP contribution >= 0.6 is 51.7 Å². The molecule has 1 aliphatic rings. The molecule has 1 aliphatic heterocycles. The lowest BCUT2D eigenvalue weighted by Crippen LogP contribution is -2.46. The fraction of sp³-hybridized carbons (Fsp3) is 0.300. The highest BCUT2D eigenvalue weighted by molar-refractivity contribution is 9.10. The maximum Gasteiger partial charge on any atom is 0.257 e. The van der Waals surface area contributed by atoms with Crippen LogP contribution in [0.15, 0.2) is 64.0 Å². The number of carbonyl (C=O) groups excluding carboxylic acids is 1. The molecule has 0 radical (unpaired) electrons. The fourth-order valence-electron chi connectivity index (χ4n) is 2.97. The van der Waals surface area contributed by atoms with Crippen molar-refractivity contribution in [2.75, 3.05) is 13.1 Å². The Morgan fingerprint density at radius 1 is 1.15 bits per heavy atom. The average Bonchev–Trinajstić information content (AvgIpc) is 2.97. The third kappa shape index (κ3) is 4.77. The van der Waals surface area contributed by atoms with Crippen LogP contribution in [0.4, 0.5) is 0 Å². The summed E-state index contributed by atoms with van der Waals surface area (Å²) >= 11 is 12.3. The minimum Gasteiger partial charge on any atom is -0.272 e. The SMILES string of the molecule is CCN(CC)N1C(=O)C(C(Sc2ccccc2)c2ccc(Br)cc2)SC1=S. The van der Waals surface area contributed by atoms with Gasteiger partial charge in [-0.25, -0.2) is 10.0 Å². The molecule has 3 rings (SSSR count). The second-order valence-corrected chi connectivity index (χ2v) is 9.90. The van der Waals surface area contributed by atoms with Crippen molar-refractivity contribution in [2.45, 2.75) is 29.2 Å².